The molecule has 0 bridgehead atoms. The van der Waals surface area contributed by atoms with E-state index in [4.69, 9.17) is 11.6 Å². The van der Waals surface area contributed by atoms with E-state index in [0.717, 1.165) is 6.54 Å². The van der Waals surface area contributed by atoms with Crippen LogP contribution in [0.2, 0.25) is 0 Å². The number of imidazole rings is 2. The smallest absolute Gasteiger partial charge is 0.243 e. The maximum absolute atomic E-state index is 5.69. The number of hydrogen-bond acceptors (Lipinski definition) is 1. The zero-order valence-corrected chi connectivity index (χ0v) is 24.2. The summed E-state index contributed by atoms with van der Waals surface area (Å²) in [7, 11) is 3.98. The lowest BCUT2D eigenvalue weighted by atomic mass is 9.98. The molecule has 2 aromatic carbocycles. The number of nitrogens with zero attached hydrogens (tertiary/aromatic N) is 4. The second-order valence-corrected chi connectivity index (χ2v) is 9.48. The van der Waals surface area contributed by atoms with Gasteiger partial charge < -0.3 is 4.57 Å². The maximum atomic E-state index is 5.69. The predicted molar refractivity (Wildman–Crippen MR) is 155 cm³/mol. The Balaban J connectivity index is 0.000000297. The Morgan fingerprint density at radius 2 is 1.39 bits per heavy atom. The number of aromatic nitrogens is 4. The quantitative estimate of drug-likeness (QED) is 0.178. The molecule has 4 rings (SSSR count). The van der Waals surface area contributed by atoms with E-state index in [1.165, 1.54) is 35.1 Å². The number of alkyl halides is 1. The molecule has 196 valence electrons. The van der Waals surface area contributed by atoms with E-state index >= 15 is 0 Å². The molecule has 2 atom stereocenters. The molecule has 0 N–H and O–H groups in total. The largest absolute Gasteiger partial charge is 0.341 e. The molecule has 2 aromatic heterocycles. The fraction of sp³-hybridized carbons (Fsp3) is 0.400. The highest BCUT2D eigenvalue weighted by Gasteiger charge is 2.05. The van der Waals surface area contributed by atoms with Crippen LogP contribution in [0, 0.1) is 0 Å². The van der Waals surface area contributed by atoms with Crippen molar-refractivity contribution >= 4 is 24.0 Å². The molecule has 36 heavy (non-hydrogen) atoms. The molecule has 0 amide bonds. The molecule has 2 unspecified atom stereocenters. The van der Waals surface area contributed by atoms with Crippen LogP contribution in [0.3, 0.4) is 0 Å². The summed E-state index contributed by atoms with van der Waals surface area (Å²) in [5, 5.41) is 0. The second-order valence-electron chi connectivity index (χ2n) is 9.21. The Morgan fingerprint density at radius 3 is 1.72 bits per heavy atom. The molecule has 0 radical (unpaired) electrons. The number of rotatable bonds is 7. The number of benzene rings is 2. The van der Waals surface area contributed by atoms with Gasteiger partial charge in [-0.1, -0.05) is 76.2 Å². The number of halogens is 2. The minimum absolute atomic E-state index is 0. The summed E-state index contributed by atoms with van der Waals surface area (Å²) in [5.74, 6) is 1.93. The first-order valence-electron chi connectivity index (χ1n) is 12.5. The average Bonchev–Trinajstić information content (AvgIpc) is 3.54. The van der Waals surface area contributed by atoms with Gasteiger partial charge in [0.2, 0.25) is 6.33 Å². The van der Waals surface area contributed by atoms with Crippen molar-refractivity contribution in [3.05, 3.63) is 108 Å². The van der Waals surface area contributed by atoms with Crippen molar-refractivity contribution in [1.82, 2.24) is 14.1 Å². The van der Waals surface area contributed by atoms with E-state index < -0.39 is 0 Å². The van der Waals surface area contributed by atoms with Crippen LogP contribution in [0.1, 0.15) is 74.6 Å². The predicted octanol–water partition coefficient (Wildman–Crippen LogP) is 7.66. The van der Waals surface area contributed by atoms with Crippen LogP contribution in [-0.2, 0) is 26.5 Å². The molecule has 0 spiro atoms. The van der Waals surface area contributed by atoms with Gasteiger partial charge in [0.25, 0.3) is 0 Å². The molecule has 0 aliphatic carbocycles. The topological polar surface area (TPSA) is 26.6 Å². The third kappa shape index (κ3) is 11.0. The van der Waals surface area contributed by atoms with Crippen molar-refractivity contribution in [2.75, 3.05) is 0 Å². The zero-order valence-electron chi connectivity index (χ0n) is 22.6. The lowest BCUT2D eigenvalue weighted by Gasteiger charge is -2.09. The highest BCUT2D eigenvalue weighted by molar-refractivity contribution is 6.17. The van der Waals surface area contributed by atoms with E-state index in [1.807, 2.05) is 24.9 Å². The molecular formula is C30H43Cl2N4+. The Labute approximate surface area is 229 Å². The van der Waals surface area contributed by atoms with Crippen LogP contribution in [0.25, 0.3) is 0 Å². The minimum Gasteiger partial charge on any atom is -0.341 e. The molecule has 0 saturated carbocycles. The lowest BCUT2D eigenvalue weighted by Crippen LogP contribution is -2.23. The summed E-state index contributed by atoms with van der Waals surface area (Å²) in [6, 6.07) is 17.5. The van der Waals surface area contributed by atoms with Crippen LogP contribution in [0.5, 0.6) is 0 Å². The Bertz CT molecular complexity index is 1070. The zero-order chi connectivity index (χ0) is 25.6. The number of aryl methyl sites for hydroxylation is 2. The third-order valence-corrected chi connectivity index (χ3v) is 6.61. The van der Waals surface area contributed by atoms with Crippen LogP contribution in [0.15, 0.2) is 86.0 Å². The molecule has 2 heterocycles. The minimum atomic E-state index is 0. The molecule has 4 aromatic rings. The molecular weight excluding hydrogens is 487 g/mol. The summed E-state index contributed by atoms with van der Waals surface area (Å²) < 4.78 is 6.14. The summed E-state index contributed by atoms with van der Waals surface area (Å²) in [4.78, 5) is 3.78. The van der Waals surface area contributed by atoms with Gasteiger partial charge in [-0.05, 0) is 46.9 Å². The fourth-order valence-electron chi connectivity index (χ4n) is 3.49. The van der Waals surface area contributed by atoms with Gasteiger partial charge in [-0.25, -0.2) is 14.1 Å². The van der Waals surface area contributed by atoms with E-state index in [-0.39, 0.29) is 12.4 Å². The van der Waals surface area contributed by atoms with E-state index in [2.05, 4.69) is 109 Å². The standard InChI is InChI=1S/C15H21N2.C11H15Cl.C4H6N2.ClH/c1-4-13(2)15-7-5-14(6-8-15)11-17-10-9-16(3)12-17;1-3-9(2)11-6-4-10(8-12)5-7-11;1-6-3-2-5-4-6;/h5-10,12-13H,4,11H2,1-3H3;4-7,9H,3,8H2,1-2H3;2-4H,1H3;1H/q+1;;;. The molecule has 4 nitrogen and oxygen atoms in total. The fourth-order valence-corrected chi connectivity index (χ4v) is 3.67. The van der Waals surface area contributed by atoms with Gasteiger partial charge in [-0.2, -0.15) is 0 Å². The van der Waals surface area contributed by atoms with Gasteiger partial charge in [0.05, 0.1) is 13.4 Å². The SMILES string of the molecule is CCC(C)c1ccc(CCl)cc1.CCC(C)c1ccc(Cn2cc[n+](C)c2)cc1.Cl.Cn1ccnc1. The molecule has 0 fully saturated rings. The van der Waals surface area contributed by atoms with Gasteiger partial charge in [0.1, 0.15) is 18.9 Å². The molecule has 0 aliphatic rings. The van der Waals surface area contributed by atoms with E-state index in [1.54, 1.807) is 12.5 Å². The summed E-state index contributed by atoms with van der Waals surface area (Å²) in [6.45, 7) is 9.91. The lowest BCUT2D eigenvalue weighted by molar-refractivity contribution is -0.671. The van der Waals surface area contributed by atoms with E-state index in [9.17, 15) is 0 Å². The van der Waals surface area contributed by atoms with Crippen LogP contribution in [0.4, 0.5) is 0 Å². The monoisotopic (exact) mass is 529 g/mol. The van der Waals surface area contributed by atoms with Gasteiger partial charge in [-0.3, -0.25) is 0 Å². The Hall–Kier alpha value is -2.56. The van der Waals surface area contributed by atoms with Gasteiger partial charge in [-0.15, -0.1) is 24.0 Å². The third-order valence-electron chi connectivity index (χ3n) is 6.30. The number of hydrogen-bond donors (Lipinski definition) is 0. The van der Waals surface area contributed by atoms with Crippen molar-refractivity contribution in [3.8, 4) is 0 Å². The summed E-state index contributed by atoms with van der Waals surface area (Å²) in [6.07, 6.45) is 14.0. The van der Waals surface area contributed by atoms with Crippen molar-refractivity contribution < 1.29 is 4.57 Å². The highest BCUT2D eigenvalue weighted by Crippen LogP contribution is 2.20. The van der Waals surface area contributed by atoms with Crippen LogP contribution in [-0.4, -0.2) is 14.1 Å². The van der Waals surface area contributed by atoms with Crippen LogP contribution < -0.4 is 4.57 Å². The first-order valence-corrected chi connectivity index (χ1v) is 13.1. The molecule has 0 saturated heterocycles. The first-order chi connectivity index (χ1) is 16.9. The Kier molecular flexibility index (Phi) is 14.9. The van der Waals surface area contributed by atoms with Crippen molar-refractivity contribution in [2.45, 2.75) is 64.8 Å². The summed E-state index contributed by atoms with van der Waals surface area (Å²) >= 11 is 5.69. The maximum Gasteiger partial charge on any atom is 0.243 e. The summed E-state index contributed by atoms with van der Waals surface area (Å²) in [5.41, 5.74) is 5.40. The van der Waals surface area contributed by atoms with Gasteiger partial charge in [0, 0.05) is 25.3 Å². The Morgan fingerprint density at radius 1 is 0.861 bits per heavy atom. The average molecular weight is 531 g/mol. The molecule has 6 heteroatoms. The van der Waals surface area contributed by atoms with Crippen molar-refractivity contribution in [3.63, 3.8) is 0 Å². The van der Waals surface area contributed by atoms with Crippen molar-refractivity contribution in [1.29, 1.82) is 0 Å². The highest BCUT2D eigenvalue weighted by atomic mass is 35.5. The normalized spacial score (nSPS) is 11.8. The van der Waals surface area contributed by atoms with Gasteiger partial charge in [0.15, 0.2) is 0 Å². The van der Waals surface area contributed by atoms with Crippen LogP contribution >= 0.6 is 24.0 Å². The van der Waals surface area contributed by atoms with Gasteiger partial charge >= 0.3 is 0 Å². The molecule has 0 aliphatic heterocycles. The first kappa shape index (κ1) is 31.5. The van der Waals surface area contributed by atoms with Crippen molar-refractivity contribution in [2.24, 2.45) is 14.1 Å². The second kappa shape index (κ2) is 17.0. The van der Waals surface area contributed by atoms with E-state index in [0.29, 0.717) is 17.7 Å².